The molecule has 0 spiro atoms. The summed E-state index contributed by atoms with van der Waals surface area (Å²) in [5.41, 5.74) is 4.09. The lowest BCUT2D eigenvalue weighted by atomic mass is 10.0. The smallest absolute Gasteiger partial charge is 0.326 e. The molecule has 1 aromatic heterocycles. The zero-order chi connectivity index (χ0) is 20.8. The monoisotopic (exact) mass is 427 g/mol. The fourth-order valence-corrected chi connectivity index (χ4v) is 4.74. The number of benzene rings is 2. The fourth-order valence-electron chi connectivity index (χ4n) is 4.57. The summed E-state index contributed by atoms with van der Waals surface area (Å²) in [7, 11) is 0. The first-order valence-corrected chi connectivity index (χ1v) is 10.9. The lowest BCUT2D eigenvalue weighted by molar-refractivity contribution is 0.0484. The van der Waals surface area contributed by atoms with Crippen molar-refractivity contribution in [2.45, 2.75) is 38.8 Å². The summed E-state index contributed by atoms with van der Waals surface area (Å²) < 4.78 is 14.1. The maximum Gasteiger partial charge on any atom is 0.326 e. The molecule has 1 atom stereocenters. The number of imidazole rings is 1. The topological polar surface area (TPSA) is 59.5 Å². The van der Waals surface area contributed by atoms with E-state index < -0.39 is 0 Å². The van der Waals surface area contributed by atoms with Crippen molar-refractivity contribution < 1.29 is 9.47 Å². The molecule has 0 radical (unpaired) electrons. The summed E-state index contributed by atoms with van der Waals surface area (Å²) in [5, 5.41) is 0.632. The quantitative estimate of drug-likeness (QED) is 0.684. The predicted octanol–water partition coefficient (Wildman–Crippen LogP) is 4.08. The molecule has 30 heavy (non-hydrogen) atoms. The van der Waals surface area contributed by atoms with Crippen LogP contribution in [0.2, 0.25) is 5.02 Å². The van der Waals surface area contributed by atoms with E-state index in [2.05, 4.69) is 35.9 Å². The molecule has 2 aliphatic heterocycles. The number of aryl methyl sites for hydroxylation is 2. The summed E-state index contributed by atoms with van der Waals surface area (Å²) in [4.78, 5) is 17.9. The van der Waals surface area contributed by atoms with Crippen molar-refractivity contribution in [3.8, 4) is 11.5 Å². The third kappa shape index (κ3) is 3.59. The number of rotatable bonds is 3. The third-order valence-corrected chi connectivity index (χ3v) is 6.58. The van der Waals surface area contributed by atoms with Gasteiger partial charge in [0, 0.05) is 30.7 Å². The van der Waals surface area contributed by atoms with Crippen LogP contribution in [0.15, 0.2) is 35.1 Å². The number of nitrogens with one attached hydrogen (secondary N) is 1. The van der Waals surface area contributed by atoms with E-state index in [1.165, 1.54) is 11.1 Å². The maximum atomic E-state index is 12.5. The molecule has 6 nitrogen and oxygen atoms in total. The molecule has 0 saturated carbocycles. The number of H-pyrrole nitrogens is 1. The average molecular weight is 428 g/mol. The largest absolute Gasteiger partial charge is 0.486 e. The molecule has 2 aliphatic rings. The predicted molar refractivity (Wildman–Crippen MR) is 118 cm³/mol. The molecule has 3 heterocycles. The zero-order valence-electron chi connectivity index (χ0n) is 17.3. The minimum absolute atomic E-state index is 0.0223. The number of hydrogen-bond donors (Lipinski definition) is 1. The van der Waals surface area contributed by atoms with Gasteiger partial charge in [-0.1, -0.05) is 11.6 Å². The second-order valence-corrected chi connectivity index (χ2v) is 8.86. The van der Waals surface area contributed by atoms with Gasteiger partial charge in [-0.05, 0) is 68.1 Å². The molecule has 7 heteroatoms. The molecule has 158 valence electrons. The number of ether oxygens (including phenoxy) is 2. The molecule has 1 fully saturated rings. The van der Waals surface area contributed by atoms with Crippen molar-refractivity contribution in [1.29, 1.82) is 0 Å². The van der Waals surface area contributed by atoms with Crippen molar-refractivity contribution in [1.82, 2.24) is 14.5 Å². The number of fused-ring (bicyclic) bond motifs is 2. The van der Waals surface area contributed by atoms with Crippen LogP contribution in [-0.2, 0) is 0 Å². The molecule has 0 bridgehead atoms. The van der Waals surface area contributed by atoms with E-state index in [4.69, 9.17) is 21.1 Å². The fraction of sp³-hybridized carbons (Fsp3) is 0.435. The first kappa shape index (κ1) is 19.5. The van der Waals surface area contributed by atoms with Gasteiger partial charge in [0.2, 0.25) is 0 Å². The second-order valence-electron chi connectivity index (χ2n) is 8.43. The highest BCUT2D eigenvalue weighted by atomic mass is 35.5. The maximum absolute atomic E-state index is 12.5. The summed E-state index contributed by atoms with van der Waals surface area (Å²) >= 11 is 6.07. The Labute approximate surface area is 180 Å². The number of nitrogens with zero attached hydrogens (tertiary/aromatic N) is 2. The van der Waals surface area contributed by atoms with Crippen LogP contribution < -0.4 is 15.2 Å². The van der Waals surface area contributed by atoms with E-state index in [1.54, 1.807) is 0 Å². The SMILES string of the molecule is Cc1cc2c(cc1C)OC(CN1CCC(n3c(=O)[nH]c4cc(Cl)ccc43)CC1)CO2. The van der Waals surface area contributed by atoms with Crippen LogP contribution in [0.4, 0.5) is 0 Å². The Morgan fingerprint density at radius 3 is 2.60 bits per heavy atom. The van der Waals surface area contributed by atoms with E-state index in [0.717, 1.165) is 55.0 Å². The third-order valence-electron chi connectivity index (χ3n) is 6.34. The van der Waals surface area contributed by atoms with Gasteiger partial charge in [-0.2, -0.15) is 0 Å². The molecule has 3 aromatic rings. The Balaban J connectivity index is 1.23. The lowest BCUT2D eigenvalue weighted by Crippen LogP contribution is -2.45. The highest BCUT2D eigenvalue weighted by Crippen LogP contribution is 2.35. The van der Waals surface area contributed by atoms with Crippen molar-refractivity contribution in [2.75, 3.05) is 26.2 Å². The average Bonchev–Trinajstić information content (AvgIpc) is 3.04. The van der Waals surface area contributed by atoms with Gasteiger partial charge in [0.05, 0.1) is 11.0 Å². The van der Waals surface area contributed by atoms with Crippen LogP contribution in [0, 0.1) is 13.8 Å². The van der Waals surface area contributed by atoms with Gasteiger partial charge in [-0.3, -0.25) is 9.47 Å². The van der Waals surface area contributed by atoms with Gasteiger partial charge in [0.15, 0.2) is 11.5 Å². The van der Waals surface area contributed by atoms with Crippen LogP contribution >= 0.6 is 11.6 Å². The number of aromatic nitrogens is 2. The van der Waals surface area contributed by atoms with Crippen LogP contribution in [0.25, 0.3) is 11.0 Å². The number of piperidine rings is 1. The molecular weight excluding hydrogens is 402 g/mol. The van der Waals surface area contributed by atoms with E-state index in [9.17, 15) is 4.79 Å². The van der Waals surface area contributed by atoms with Crippen LogP contribution in [0.5, 0.6) is 11.5 Å². The van der Waals surface area contributed by atoms with Gasteiger partial charge in [0.1, 0.15) is 12.7 Å². The summed E-state index contributed by atoms with van der Waals surface area (Å²) in [6.07, 6.45) is 1.88. The minimum Gasteiger partial charge on any atom is -0.486 e. The molecular formula is C23H26ClN3O3. The molecule has 1 unspecified atom stereocenters. The number of halogens is 1. The van der Waals surface area contributed by atoms with Gasteiger partial charge in [-0.25, -0.2) is 4.79 Å². The highest BCUT2D eigenvalue weighted by Gasteiger charge is 2.28. The van der Waals surface area contributed by atoms with E-state index in [1.807, 2.05) is 22.8 Å². The normalized spacial score (nSPS) is 20.0. The van der Waals surface area contributed by atoms with Crippen LogP contribution in [-0.4, -0.2) is 46.8 Å². The van der Waals surface area contributed by atoms with Gasteiger partial charge in [0.25, 0.3) is 0 Å². The van der Waals surface area contributed by atoms with E-state index >= 15 is 0 Å². The summed E-state index contributed by atoms with van der Waals surface area (Å²) in [6, 6.07) is 9.89. The van der Waals surface area contributed by atoms with Crippen molar-refractivity contribution in [3.63, 3.8) is 0 Å². The first-order valence-electron chi connectivity index (χ1n) is 10.5. The van der Waals surface area contributed by atoms with E-state index in [0.29, 0.717) is 11.6 Å². The zero-order valence-corrected chi connectivity index (χ0v) is 18.0. The van der Waals surface area contributed by atoms with Crippen molar-refractivity contribution >= 4 is 22.6 Å². The number of aromatic amines is 1. The van der Waals surface area contributed by atoms with Crippen molar-refractivity contribution in [3.05, 3.63) is 57.0 Å². The highest BCUT2D eigenvalue weighted by molar-refractivity contribution is 6.31. The Morgan fingerprint density at radius 2 is 1.83 bits per heavy atom. The molecule has 5 rings (SSSR count). The van der Waals surface area contributed by atoms with Crippen LogP contribution in [0.3, 0.4) is 0 Å². The standard InChI is InChI=1S/C23H26ClN3O3/c1-14-9-21-22(10-15(14)2)30-18(13-29-21)12-26-7-5-17(6-8-26)27-20-4-3-16(24)11-19(20)25-23(27)28/h3-4,9-11,17-18H,5-8,12-13H2,1-2H3,(H,25,28). The summed E-state index contributed by atoms with van der Waals surface area (Å²) in [5.74, 6) is 1.68. The Morgan fingerprint density at radius 1 is 1.10 bits per heavy atom. The minimum atomic E-state index is -0.0583. The van der Waals surface area contributed by atoms with Gasteiger partial charge < -0.3 is 14.5 Å². The van der Waals surface area contributed by atoms with Gasteiger partial charge in [-0.15, -0.1) is 0 Å². The van der Waals surface area contributed by atoms with Gasteiger partial charge >= 0.3 is 5.69 Å². The summed E-state index contributed by atoms with van der Waals surface area (Å²) in [6.45, 7) is 7.43. The Hall–Kier alpha value is -2.44. The van der Waals surface area contributed by atoms with E-state index in [-0.39, 0.29) is 17.8 Å². The second kappa shape index (κ2) is 7.67. The molecule has 2 aromatic carbocycles. The Kier molecular flexibility index (Phi) is 4.99. The number of likely N-dealkylation sites (tertiary alicyclic amines) is 1. The van der Waals surface area contributed by atoms with Crippen molar-refractivity contribution in [2.24, 2.45) is 0 Å². The first-order chi connectivity index (χ1) is 14.5. The lowest BCUT2D eigenvalue weighted by Gasteiger charge is -2.36. The Bertz CT molecular complexity index is 1140. The number of hydrogen-bond acceptors (Lipinski definition) is 4. The molecule has 0 amide bonds. The molecule has 0 aliphatic carbocycles. The molecule has 1 saturated heterocycles. The van der Waals surface area contributed by atoms with Crippen LogP contribution in [0.1, 0.15) is 30.0 Å². The molecule has 1 N–H and O–H groups in total.